The Labute approximate surface area is 378 Å². The predicted octanol–water partition coefficient (Wildman–Crippen LogP) is 13.6. The molecule has 0 saturated carbocycles. The molecule has 0 aliphatic heterocycles. The first-order chi connectivity index (χ1) is 30.5. The average Bonchev–Trinajstić information content (AvgIpc) is 3.99. The van der Waals surface area contributed by atoms with Crippen molar-refractivity contribution in [2.45, 2.75) is 20.8 Å². The van der Waals surface area contributed by atoms with Gasteiger partial charge in [-0.15, -0.1) is 34.8 Å². The third kappa shape index (κ3) is 6.24. The zero-order valence-corrected chi connectivity index (χ0v) is 37.0. The molecule has 0 spiro atoms. The molecular formula is C56H38N6Pt. The van der Waals surface area contributed by atoms with Crippen molar-refractivity contribution >= 4 is 54.6 Å². The normalized spacial score (nSPS) is 11.6. The monoisotopic (exact) mass is 989 g/mol. The fourth-order valence-electron chi connectivity index (χ4n) is 9.72. The van der Waals surface area contributed by atoms with Gasteiger partial charge in [0.15, 0.2) is 0 Å². The zero-order chi connectivity index (χ0) is 41.5. The van der Waals surface area contributed by atoms with E-state index in [0.717, 1.165) is 99.8 Å². The fourth-order valence-corrected chi connectivity index (χ4v) is 9.72. The number of hydrogen-bond donors (Lipinski definition) is 0. The van der Waals surface area contributed by atoms with E-state index in [0.29, 0.717) is 0 Å². The zero-order valence-electron chi connectivity index (χ0n) is 34.7. The first-order valence-electron chi connectivity index (χ1n) is 21.0. The van der Waals surface area contributed by atoms with Crippen LogP contribution in [-0.2, 0) is 21.1 Å². The van der Waals surface area contributed by atoms with Gasteiger partial charge in [0, 0.05) is 35.4 Å². The number of rotatable bonds is 6. The molecule has 0 atom stereocenters. The number of fused-ring (bicyclic) bond motifs is 7. The van der Waals surface area contributed by atoms with Crippen molar-refractivity contribution in [2.24, 2.45) is 0 Å². The second-order valence-electron chi connectivity index (χ2n) is 16.2. The molecule has 63 heavy (non-hydrogen) atoms. The Morgan fingerprint density at radius 3 is 2.16 bits per heavy atom. The summed E-state index contributed by atoms with van der Waals surface area (Å²) in [5, 5.41) is 4.52. The Balaban J connectivity index is 0.00000444. The Kier molecular flexibility index (Phi) is 9.29. The topological polar surface area (TPSA) is 62.6 Å². The van der Waals surface area contributed by atoms with Crippen molar-refractivity contribution in [3.63, 3.8) is 0 Å². The first kappa shape index (κ1) is 38.5. The van der Waals surface area contributed by atoms with Crippen molar-refractivity contribution in [3.8, 4) is 56.3 Å². The predicted molar refractivity (Wildman–Crippen MR) is 254 cm³/mol. The molecule has 7 aromatic carbocycles. The molecule has 0 bridgehead atoms. The molecule has 7 heteroatoms. The van der Waals surface area contributed by atoms with Gasteiger partial charge in [0.2, 0.25) is 0 Å². The smallest absolute Gasteiger partial charge is 0.656 e. The van der Waals surface area contributed by atoms with Gasteiger partial charge in [-0.05, 0) is 124 Å². The summed E-state index contributed by atoms with van der Waals surface area (Å²) in [5.74, 6) is 1.67. The number of hydrogen-bond acceptors (Lipinski definition) is 3. The molecule has 302 valence electrons. The van der Waals surface area contributed by atoms with Crippen LogP contribution in [0.1, 0.15) is 16.7 Å². The van der Waals surface area contributed by atoms with Crippen LogP contribution in [0.4, 0.5) is 0 Å². The SMILES string of the molecule is Cc1cc(C)c(-c2ccc3c(c2)c2ccc(-c4cccc5c4nc(-c4cccc6c4[n-]c4ccccc46)n5-c4cccc(-c5ccncc5)c4)[c-]c2n3-c2ccccn2)c(C)c1.[Pt+2]. The molecule has 12 aromatic rings. The molecule has 0 N–H and O–H groups in total. The van der Waals surface area contributed by atoms with Gasteiger partial charge in [0.1, 0.15) is 11.6 Å². The van der Waals surface area contributed by atoms with Crippen molar-refractivity contribution in [2.75, 3.05) is 0 Å². The van der Waals surface area contributed by atoms with E-state index >= 15 is 0 Å². The van der Waals surface area contributed by atoms with Gasteiger partial charge in [0.05, 0.1) is 11.0 Å². The number of nitrogens with zero attached hydrogens (tertiary/aromatic N) is 6. The summed E-state index contributed by atoms with van der Waals surface area (Å²) >= 11 is 0. The van der Waals surface area contributed by atoms with Gasteiger partial charge in [0.25, 0.3) is 0 Å². The molecule has 5 heterocycles. The summed E-state index contributed by atoms with van der Waals surface area (Å²) in [6.07, 6.45) is 5.53. The summed E-state index contributed by atoms with van der Waals surface area (Å²) in [6.45, 7) is 6.58. The Morgan fingerprint density at radius 2 is 1.32 bits per heavy atom. The third-order valence-corrected chi connectivity index (χ3v) is 12.3. The number of aromatic nitrogens is 6. The number of imidazole rings is 1. The maximum Gasteiger partial charge on any atom is 2.00 e. The molecule has 0 fully saturated rings. The van der Waals surface area contributed by atoms with E-state index in [4.69, 9.17) is 15.0 Å². The summed E-state index contributed by atoms with van der Waals surface area (Å²) in [7, 11) is 0. The van der Waals surface area contributed by atoms with E-state index in [2.05, 4.69) is 168 Å². The number of pyridine rings is 2. The molecular weight excluding hydrogens is 952 g/mol. The minimum Gasteiger partial charge on any atom is -0.656 e. The Hall–Kier alpha value is -7.40. The van der Waals surface area contributed by atoms with Crippen LogP contribution in [0, 0.1) is 26.8 Å². The molecule has 0 amide bonds. The van der Waals surface area contributed by atoms with E-state index in [-0.39, 0.29) is 21.1 Å². The van der Waals surface area contributed by atoms with Gasteiger partial charge in [-0.3, -0.25) is 9.55 Å². The van der Waals surface area contributed by atoms with E-state index < -0.39 is 0 Å². The van der Waals surface area contributed by atoms with Gasteiger partial charge >= 0.3 is 21.1 Å². The standard InChI is InChI=1S/C56H38N6.Pt/c1-34-29-35(2)53(36(3)30-34)40-21-23-49-47(32-40)44-22-20-39(33-51(44)62(49)52-19-6-7-26-58-52)42-14-10-18-50-55(42)60-56(46-16-9-15-45-43-13-4-5-17-48(43)59-54(45)46)61(50)41-12-8-11-38(31-41)37-24-27-57-28-25-37;/h4-32H,1-3H3;/q-2;+2. The number of benzene rings is 7. The molecule has 0 radical (unpaired) electrons. The van der Waals surface area contributed by atoms with E-state index in [1.807, 2.05) is 48.9 Å². The first-order valence-corrected chi connectivity index (χ1v) is 21.0. The van der Waals surface area contributed by atoms with Crippen LogP contribution in [0.15, 0.2) is 176 Å². The van der Waals surface area contributed by atoms with Crippen LogP contribution in [0.2, 0.25) is 0 Å². The maximum atomic E-state index is 5.60. The second kappa shape index (κ2) is 15.2. The second-order valence-corrected chi connectivity index (χ2v) is 16.2. The van der Waals surface area contributed by atoms with E-state index in [1.54, 1.807) is 0 Å². The van der Waals surface area contributed by atoms with Crippen LogP contribution in [0.5, 0.6) is 0 Å². The minimum atomic E-state index is 0. The Morgan fingerprint density at radius 1 is 0.540 bits per heavy atom. The minimum absolute atomic E-state index is 0. The van der Waals surface area contributed by atoms with Crippen LogP contribution in [0.3, 0.4) is 0 Å². The summed E-state index contributed by atoms with van der Waals surface area (Å²) < 4.78 is 4.53. The van der Waals surface area contributed by atoms with Crippen molar-refractivity contribution in [3.05, 3.63) is 199 Å². The third-order valence-electron chi connectivity index (χ3n) is 12.3. The van der Waals surface area contributed by atoms with Crippen LogP contribution >= 0.6 is 0 Å². The van der Waals surface area contributed by atoms with Crippen molar-refractivity contribution in [1.82, 2.24) is 29.1 Å². The maximum absolute atomic E-state index is 5.60. The summed E-state index contributed by atoms with van der Waals surface area (Å²) in [4.78, 5) is 19.9. The number of aryl methyl sites for hydroxylation is 3. The average molecular weight is 990 g/mol. The Bertz CT molecular complexity index is 3710. The van der Waals surface area contributed by atoms with E-state index in [1.165, 1.54) is 27.8 Å². The molecule has 0 aliphatic carbocycles. The van der Waals surface area contributed by atoms with Gasteiger partial charge in [-0.1, -0.05) is 114 Å². The molecule has 0 unspecified atom stereocenters. The van der Waals surface area contributed by atoms with Gasteiger partial charge in [-0.2, -0.15) is 0 Å². The van der Waals surface area contributed by atoms with E-state index in [9.17, 15) is 0 Å². The molecule has 5 aromatic heterocycles. The summed E-state index contributed by atoms with van der Waals surface area (Å²) in [5.41, 5.74) is 18.3. The van der Waals surface area contributed by atoms with Crippen LogP contribution in [0.25, 0.3) is 111 Å². The van der Waals surface area contributed by atoms with Gasteiger partial charge < -0.3 is 9.55 Å². The number of para-hydroxylation sites is 3. The van der Waals surface area contributed by atoms with Crippen molar-refractivity contribution in [1.29, 1.82) is 0 Å². The molecule has 6 nitrogen and oxygen atoms in total. The van der Waals surface area contributed by atoms with Crippen LogP contribution < -0.4 is 4.98 Å². The summed E-state index contributed by atoms with van der Waals surface area (Å²) in [6, 6.07) is 59.8. The fraction of sp³-hybridized carbons (Fsp3) is 0.0536. The van der Waals surface area contributed by atoms with Crippen molar-refractivity contribution < 1.29 is 21.1 Å². The molecule has 0 aliphatic rings. The van der Waals surface area contributed by atoms with Gasteiger partial charge in [-0.25, -0.2) is 9.97 Å². The quantitative estimate of drug-likeness (QED) is 0.156. The largest absolute Gasteiger partial charge is 2.00 e. The van der Waals surface area contributed by atoms with Crippen LogP contribution in [-0.4, -0.2) is 24.1 Å². The molecule has 12 rings (SSSR count). The molecule has 0 saturated heterocycles.